The van der Waals surface area contributed by atoms with Gasteiger partial charge in [-0.1, -0.05) is 0 Å². The lowest BCUT2D eigenvalue weighted by Gasteiger charge is -2.08. The highest BCUT2D eigenvalue weighted by Gasteiger charge is 2.19. The van der Waals surface area contributed by atoms with Crippen LogP contribution in [-0.4, -0.2) is 29.3 Å². The van der Waals surface area contributed by atoms with Crippen molar-refractivity contribution in [1.82, 2.24) is 4.98 Å². The van der Waals surface area contributed by atoms with Gasteiger partial charge in [0.15, 0.2) is 6.29 Å². The van der Waals surface area contributed by atoms with E-state index in [-0.39, 0.29) is 5.69 Å². The van der Waals surface area contributed by atoms with E-state index in [1.54, 1.807) is 6.07 Å². The molecule has 0 unspecified atom stereocenters. The topological polar surface area (TPSA) is 68.7 Å². The minimum absolute atomic E-state index is 0.00148. The van der Waals surface area contributed by atoms with E-state index in [0.717, 1.165) is 0 Å². The first-order valence-corrected chi connectivity index (χ1v) is 4.20. The van der Waals surface area contributed by atoms with Crippen molar-refractivity contribution in [2.45, 2.75) is 6.29 Å². The molecule has 0 amide bonds. The van der Waals surface area contributed by atoms with E-state index in [1.165, 1.54) is 12.3 Å². The molecule has 74 valence electrons. The highest BCUT2D eigenvalue weighted by atomic mass is 16.7. The Morgan fingerprint density at radius 3 is 2.86 bits per heavy atom. The predicted molar refractivity (Wildman–Crippen MR) is 45.8 cm³/mol. The zero-order valence-electron chi connectivity index (χ0n) is 7.34. The van der Waals surface area contributed by atoms with Crippen molar-refractivity contribution >= 4 is 5.97 Å². The first kappa shape index (κ1) is 9.11. The van der Waals surface area contributed by atoms with Gasteiger partial charge in [0.05, 0.1) is 13.2 Å². The molecular formula is C9H9NO4. The Labute approximate surface area is 80.3 Å². The number of rotatable bonds is 2. The molecule has 1 aliphatic heterocycles. The van der Waals surface area contributed by atoms with Gasteiger partial charge < -0.3 is 14.6 Å². The largest absolute Gasteiger partial charge is 0.477 e. The molecule has 5 nitrogen and oxygen atoms in total. The van der Waals surface area contributed by atoms with Crippen LogP contribution in [0.25, 0.3) is 0 Å². The van der Waals surface area contributed by atoms with Gasteiger partial charge in [-0.05, 0) is 12.1 Å². The summed E-state index contributed by atoms with van der Waals surface area (Å²) in [4.78, 5) is 14.3. The van der Waals surface area contributed by atoms with Gasteiger partial charge in [0.25, 0.3) is 0 Å². The summed E-state index contributed by atoms with van der Waals surface area (Å²) >= 11 is 0. The van der Waals surface area contributed by atoms with Gasteiger partial charge in [-0.25, -0.2) is 9.78 Å². The van der Waals surface area contributed by atoms with Crippen LogP contribution in [0.3, 0.4) is 0 Å². The number of carboxylic acid groups (broad SMARTS) is 1. The van der Waals surface area contributed by atoms with Crippen LogP contribution < -0.4 is 0 Å². The average Bonchev–Trinajstić information content (AvgIpc) is 2.71. The maximum atomic E-state index is 10.6. The molecule has 1 aromatic rings. The number of aromatic nitrogens is 1. The third-order valence-corrected chi connectivity index (χ3v) is 1.90. The molecule has 1 aromatic heterocycles. The molecule has 0 saturated carbocycles. The maximum absolute atomic E-state index is 10.6. The smallest absolute Gasteiger partial charge is 0.354 e. The molecule has 0 spiro atoms. The first-order valence-electron chi connectivity index (χ1n) is 4.20. The maximum Gasteiger partial charge on any atom is 0.354 e. The van der Waals surface area contributed by atoms with E-state index >= 15 is 0 Å². The van der Waals surface area contributed by atoms with Gasteiger partial charge in [0.1, 0.15) is 5.69 Å². The molecule has 0 radical (unpaired) electrons. The second-order valence-corrected chi connectivity index (χ2v) is 2.85. The van der Waals surface area contributed by atoms with Gasteiger partial charge in [0, 0.05) is 11.8 Å². The number of nitrogens with zero attached hydrogens (tertiary/aromatic N) is 1. The quantitative estimate of drug-likeness (QED) is 0.756. The highest BCUT2D eigenvalue weighted by molar-refractivity contribution is 5.85. The monoisotopic (exact) mass is 195 g/mol. The number of carboxylic acids is 1. The van der Waals surface area contributed by atoms with Crippen LogP contribution in [0.4, 0.5) is 0 Å². The molecule has 1 fully saturated rings. The molecule has 0 aromatic carbocycles. The molecule has 0 atom stereocenters. The van der Waals surface area contributed by atoms with Gasteiger partial charge in [-0.2, -0.15) is 0 Å². The fourth-order valence-corrected chi connectivity index (χ4v) is 1.26. The number of hydrogen-bond donors (Lipinski definition) is 1. The summed E-state index contributed by atoms with van der Waals surface area (Å²) in [6.45, 7) is 1.07. The van der Waals surface area contributed by atoms with E-state index in [0.29, 0.717) is 18.8 Å². The van der Waals surface area contributed by atoms with Crippen molar-refractivity contribution in [3.8, 4) is 0 Å². The van der Waals surface area contributed by atoms with E-state index < -0.39 is 12.3 Å². The van der Waals surface area contributed by atoms with Gasteiger partial charge in [0.2, 0.25) is 0 Å². The molecule has 1 aliphatic rings. The van der Waals surface area contributed by atoms with Crippen LogP contribution in [0.15, 0.2) is 18.3 Å². The molecule has 1 N–H and O–H groups in total. The number of carbonyl (C=O) groups is 1. The molecule has 1 saturated heterocycles. The summed E-state index contributed by atoms with van der Waals surface area (Å²) < 4.78 is 10.5. The van der Waals surface area contributed by atoms with Crippen LogP contribution in [-0.2, 0) is 9.47 Å². The van der Waals surface area contributed by atoms with Crippen molar-refractivity contribution in [2.24, 2.45) is 0 Å². The Hall–Kier alpha value is -1.46. The summed E-state index contributed by atoms with van der Waals surface area (Å²) in [6, 6.07) is 3.14. The Morgan fingerprint density at radius 1 is 1.50 bits per heavy atom. The number of ether oxygens (including phenoxy) is 2. The SMILES string of the molecule is O=C(O)c1cc(C2OCCO2)ccn1. The van der Waals surface area contributed by atoms with Crippen molar-refractivity contribution in [3.63, 3.8) is 0 Å². The molecule has 0 bridgehead atoms. The Balaban J connectivity index is 2.25. The Morgan fingerprint density at radius 2 is 2.21 bits per heavy atom. The molecule has 5 heteroatoms. The summed E-state index contributed by atoms with van der Waals surface area (Å²) in [5.74, 6) is -1.05. The number of aromatic carboxylic acids is 1. The number of pyridine rings is 1. The summed E-state index contributed by atoms with van der Waals surface area (Å²) in [7, 11) is 0. The number of hydrogen-bond acceptors (Lipinski definition) is 4. The average molecular weight is 195 g/mol. The highest BCUT2D eigenvalue weighted by Crippen LogP contribution is 2.22. The van der Waals surface area contributed by atoms with Crippen LogP contribution in [0, 0.1) is 0 Å². The second-order valence-electron chi connectivity index (χ2n) is 2.85. The first-order chi connectivity index (χ1) is 6.77. The van der Waals surface area contributed by atoms with Crippen molar-refractivity contribution in [1.29, 1.82) is 0 Å². The normalized spacial score (nSPS) is 17.1. The zero-order valence-corrected chi connectivity index (χ0v) is 7.34. The molecule has 14 heavy (non-hydrogen) atoms. The summed E-state index contributed by atoms with van der Waals surface area (Å²) in [6.07, 6.45) is 0.986. The molecular weight excluding hydrogens is 186 g/mol. The van der Waals surface area contributed by atoms with Crippen molar-refractivity contribution in [2.75, 3.05) is 13.2 Å². The van der Waals surface area contributed by atoms with Crippen LogP contribution in [0.5, 0.6) is 0 Å². The van der Waals surface area contributed by atoms with E-state index in [1.807, 2.05) is 0 Å². The lowest BCUT2D eigenvalue weighted by molar-refractivity contribution is -0.0442. The third-order valence-electron chi connectivity index (χ3n) is 1.90. The van der Waals surface area contributed by atoms with Gasteiger partial charge >= 0.3 is 5.97 Å². The van der Waals surface area contributed by atoms with Crippen molar-refractivity contribution < 1.29 is 19.4 Å². The predicted octanol–water partition coefficient (Wildman–Crippen LogP) is 0.825. The lowest BCUT2D eigenvalue weighted by atomic mass is 10.2. The van der Waals surface area contributed by atoms with Crippen LogP contribution in [0.2, 0.25) is 0 Å². The van der Waals surface area contributed by atoms with Gasteiger partial charge in [-0.3, -0.25) is 0 Å². The van der Waals surface area contributed by atoms with E-state index in [9.17, 15) is 4.79 Å². The van der Waals surface area contributed by atoms with E-state index in [2.05, 4.69) is 4.98 Å². The minimum atomic E-state index is -1.05. The molecule has 0 aliphatic carbocycles. The van der Waals surface area contributed by atoms with Crippen LogP contribution in [0.1, 0.15) is 22.3 Å². The Bertz CT molecular complexity index is 346. The zero-order chi connectivity index (χ0) is 9.97. The minimum Gasteiger partial charge on any atom is -0.477 e. The molecule has 2 rings (SSSR count). The molecule has 2 heterocycles. The summed E-state index contributed by atoms with van der Waals surface area (Å²) in [5.41, 5.74) is 0.691. The van der Waals surface area contributed by atoms with Crippen molar-refractivity contribution in [3.05, 3.63) is 29.6 Å². The van der Waals surface area contributed by atoms with E-state index in [4.69, 9.17) is 14.6 Å². The third kappa shape index (κ3) is 1.73. The fourth-order valence-electron chi connectivity index (χ4n) is 1.26. The fraction of sp³-hybridized carbons (Fsp3) is 0.333. The lowest BCUT2D eigenvalue weighted by Crippen LogP contribution is -2.04. The Kier molecular flexibility index (Phi) is 2.43. The van der Waals surface area contributed by atoms with Gasteiger partial charge in [-0.15, -0.1) is 0 Å². The second kappa shape index (κ2) is 3.73. The summed E-state index contributed by atoms with van der Waals surface area (Å²) in [5, 5.41) is 8.71. The van der Waals surface area contributed by atoms with Crippen LogP contribution >= 0.6 is 0 Å². The standard InChI is InChI=1S/C9H9NO4/c11-8(12)7-5-6(1-2-10-7)9-13-3-4-14-9/h1-2,5,9H,3-4H2,(H,11,12).